The maximum absolute atomic E-state index is 11.4. The lowest BCUT2D eigenvalue weighted by molar-refractivity contribution is -0.138. The van der Waals surface area contributed by atoms with Gasteiger partial charge in [-0.25, -0.2) is 0 Å². The Balaban J connectivity index is 3.62. The summed E-state index contributed by atoms with van der Waals surface area (Å²) >= 11 is 1.63. The van der Waals surface area contributed by atoms with Crippen molar-refractivity contribution in [2.75, 3.05) is 18.1 Å². The Labute approximate surface area is 108 Å². The highest BCUT2D eigenvalue weighted by atomic mass is 32.2. The number of unbranched alkanes of at least 4 members (excludes halogenated alkanes) is 1. The van der Waals surface area contributed by atoms with E-state index in [4.69, 9.17) is 5.11 Å². The highest BCUT2D eigenvalue weighted by Gasteiger charge is 2.12. The molecule has 4 nitrogen and oxygen atoms in total. The third-order valence-electron chi connectivity index (χ3n) is 2.50. The summed E-state index contributed by atoms with van der Waals surface area (Å²) in [6, 6.07) is 0. The molecule has 0 saturated heterocycles. The molecule has 2 N–H and O–H groups in total. The van der Waals surface area contributed by atoms with E-state index in [1.807, 2.05) is 6.92 Å². The number of thioether (sulfide) groups is 1. The van der Waals surface area contributed by atoms with Crippen molar-refractivity contribution in [3.05, 3.63) is 0 Å². The van der Waals surface area contributed by atoms with Gasteiger partial charge in [-0.15, -0.1) is 0 Å². The zero-order chi connectivity index (χ0) is 13.1. The Bertz CT molecular complexity index is 234. The molecule has 0 rings (SSSR count). The first-order valence-corrected chi connectivity index (χ1v) is 7.31. The summed E-state index contributed by atoms with van der Waals surface area (Å²) in [5, 5.41) is 11.5. The van der Waals surface area contributed by atoms with E-state index in [0.717, 1.165) is 25.0 Å². The standard InChI is InChI=1S/C12H23NO3S/c1-3-5-6-17-9-11(14)13-8-10(4-2)7-12(15)16/h10H,3-9H2,1-2H3,(H,13,14)(H,15,16). The molecule has 0 aliphatic heterocycles. The van der Waals surface area contributed by atoms with Crippen LogP contribution in [0.15, 0.2) is 0 Å². The SMILES string of the molecule is CCCCSCC(=O)NCC(CC)CC(=O)O. The van der Waals surface area contributed by atoms with Crippen LogP contribution in [0.4, 0.5) is 0 Å². The smallest absolute Gasteiger partial charge is 0.303 e. The monoisotopic (exact) mass is 261 g/mol. The van der Waals surface area contributed by atoms with Gasteiger partial charge in [0.05, 0.1) is 5.75 Å². The summed E-state index contributed by atoms with van der Waals surface area (Å²) in [5.74, 6) is 0.732. The first kappa shape index (κ1) is 16.3. The number of hydrogen-bond acceptors (Lipinski definition) is 3. The molecule has 1 atom stereocenters. The van der Waals surface area contributed by atoms with Crippen LogP contribution >= 0.6 is 11.8 Å². The van der Waals surface area contributed by atoms with Crippen LogP contribution in [0, 0.1) is 5.92 Å². The summed E-state index contributed by atoms with van der Waals surface area (Å²) in [6.45, 7) is 4.53. The Morgan fingerprint density at radius 3 is 2.59 bits per heavy atom. The largest absolute Gasteiger partial charge is 0.481 e. The molecule has 0 aromatic rings. The van der Waals surface area contributed by atoms with E-state index in [0.29, 0.717) is 12.3 Å². The van der Waals surface area contributed by atoms with Gasteiger partial charge in [-0.2, -0.15) is 11.8 Å². The average molecular weight is 261 g/mol. The zero-order valence-corrected chi connectivity index (χ0v) is 11.5. The number of nitrogens with one attached hydrogen (secondary N) is 1. The first-order chi connectivity index (χ1) is 8.10. The Morgan fingerprint density at radius 2 is 2.06 bits per heavy atom. The number of hydrogen-bond donors (Lipinski definition) is 2. The van der Waals surface area contributed by atoms with E-state index in [1.165, 1.54) is 0 Å². The lowest BCUT2D eigenvalue weighted by Crippen LogP contribution is -2.31. The van der Waals surface area contributed by atoms with Crippen LogP contribution in [-0.4, -0.2) is 35.0 Å². The Morgan fingerprint density at radius 1 is 1.35 bits per heavy atom. The van der Waals surface area contributed by atoms with Crippen molar-refractivity contribution in [3.63, 3.8) is 0 Å². The van der Waals surface area contributed by atoms with Gasteiger partial charge in [0.2, 0.25) is 5.91 Å². The number of aliphatic carboxylic acids is 1. The van der Waals surface area contributed by atoms with Crippen molar-refractivity contribution in [2.24, 2.45) is 5.92 Å². The van der Waals surface area contributed by atoms with E-state index in [2.05, 4.69) is 12.2 Å². The average Bonchev–Trinajstić information content (AvgIpc) is 2.29. The molecule has 0 aromatic carbocycles. The number of carboxylic acids is 1. The molecular formula is C12H23NO3S. The van der Waals surface area contributed by atoms with Crippen molar-refractivity contribution in [1.82, 2.24) is 5.32 Å². The number of carbonyl (C=O) groups excluding carboxylic acids is 1. The quantitative estimate of drug-likeness (QED) is 0.591. The molecule has 0 saturated carbocycles. The van der Waals surface area contributed by atoms with Crippen LogP contribution in [0.25, 0.3) is 0 Å². The summed E-state index contributed by atoms with van der Waals surface area (Å²) in [5.41, 5.74) is 0. The van der Waals surface area contributed by atoms with Gasteiger partial charge in [0, 0.05) is 13.0 Å². The molecule has 100 valence electrons. The predicted molar refractivity (Wildman–Crippen MR) is 71.3 cm³/mol. The molecule has 0 aromatic heterocycles. The normalized spacial score (nSPS) is 12.1. The van der Waals surface area contributed by atoms with Crippen LogP contribution in [0.3, 0.4) is 0 Å². The molecule has 0 heterocycles. The molecule has 5 heteroatoms. The molecule has 0 aliphatic carbocycles. The zero-order valence-electron chi connectivity index (χ0n) is 10.7. The summed E-state index contributed by atoms with van der Waals surface area (Å²) in [7, 11) is 0. The van der Waals surface area contributed by atoms with Crippen molar-refractivity contribution in [1.29, 1.82) is 0 Å². The summed E-state index contributed by atoms with van der Waals surface area (Å²) < 4.78 is 0. The second kappa shape index (κ2) is 10.4. The highest BCUT2D eigenvalue weighted by Crippen LogP contribution is 2.07. The second-order valence-corrected chi connectivity index (χ2v) is 5.19. The predicted octanol–water partition coefficient (Wildman–Crippen LogP) is 2.14. The van der Waals surface area contributed by atoms with Gasteiger partial charge in [0.25, 0.3) is 0 Å². The fraction of sp³-hybridized carbons (Fsp3) is 0.833. The van der Waals surface area contributed by atoms with Crippen molar-refractivity contribution in [3.8, 4) is 0 Å². The molecule has 0 aliphatic rings. The van der Waals surface area contributed by atoms with Gasteiger partial charge in [-0.1, -0.05) is 26.7 Å². The maximum Gasteiger partial charge on any atom is 0.303 e. The number of rotatable bonds is 10. The van der Waals surface area contributed by atoms with Gasteiger partial charge in [0.1, 0.15) is 0 Å². The van der Waals surface area contributed by atoms with Crippen molar-refractivity contribution in [2.45, 2.75) is 39.5 Å². The minimum atomic E-state index is -0.802. The van der Waals surface area contributed by atoms with E-state index in [9.17, 15) is 9.59 Å². The number of carboxylic acid groups (broad SMARTS) is 1. The van der Waals surface area contributed by atoms with E-state index < -0.39 is 5.97 Å². The summed E-state index contributed by atoms with van der Waals surface area (Å²) in [6.07, 6.45) is 3.18. The van der Waals surface area contributed by atoms with Gasteiger partial charge in [0.15, 0.2) is 0 Å². The third-order valence-corrected chi connectivity index (χ3v) is 3.55. The minimum Gasteiger partial charge on any atom is -0.481 e. The van der Waals surface area contributed by atoms with E-state index >= 15 is 0 Å². The van der Waals surface area contributed by atoms with E-state index in [-0.39, 0.29) is 18.2 Å². The lowest BCUT2D eigenvalue weighted by Gasteiger charge is -2.13. The van der Waals surface area contributed by atoms with E-state index in [1.54, 1.807) is 11.8 Å². The second-order valence-electron chi connectivity index (χ2n) is 4.08. The molecule has 0 bridgehead atoms. The van der Waals surface area contributed by atoms with Gasteiger partial charge >= 0.3 is 5.97 Å². The van der Waals surface area contributed by atoms with Crippen LogP contribution in [-0.2, 0) is 9.59 Å². The number of carbonyl (C=O) groups is 2. The third kappa shape index (κ3) is 10.2. The minimum absolute atomic E-state index is 0.00921. The maximum atomic E-state index is 11.4. The molecule has 0 fully saturated rings. The van der Waals surface area contributed by atoms with Gasteiger partial charge in [-0.05, 0) is 18.1 Å². The molecular weight excluding hydrogens is 238 g/mol. The number of amides is 1. The molecule has 1 unspecified atom stereocenters. The highest BCUT2D eigenvalue weighted by molar-refractivity contribution is 7.99. The fourth-order valence-electron chi connectivity index (χ4n) is 1.33. The Hall–Kier alpha value is -0.710. The van der Waals surface area contributed by atoms with Gasteiger partial charge in [-0.3, -0.25) is 9.59 Å². The topological polar surface area (TPSA) is 66.4 Å². The van der Waals surface area contributed by atoms with Crippen LogP contribution < -0.4 is 5.32 Å². The molecule has 1 amide bonds. The molecule has 17 heavy (non-hydrogen) atoms. The fourth-order valence-corrected chi connectivity index (χ4v) is 2.25. The van der Waals surface area contributed by atoms with Crippen LogP contribution in [0.2, 0.25) is 0 Å². The van der Waals surface area contributed by atoms with Crippen LogP contribution in [0.5, 0.6) is 0 Å². The first-order valence-electron chi connectivity index (χ1n) is 6.16. The van der Waals surface area contributed by atoms with Gasteiger partial charge < -0.3 is 10.4 Å². The molecule has 0 radical (unpaired) electrons. The van der Waals surface area contributed by atoms with Crippen LogP contribution in [0.1, 0.15) is 39.5 Å². The van der Waals surface area contributed by atoms with Crippen molar-refractivity contribution >= 4 is 23.6 Å². The van der Waals surface area contributed by atoms with Crippen molar-refractivity contribution < 1.29 is 14.7 Å². The lowest BCUT2D eigenvalue weighted by atomic mass is 10.0. The molecule has 0 spiro atoms. The summed E-state index contributed by atoms with van der Waals surface area (Å²) in [4.78, 5) is 22.0. The Kier molecular flexibility index (Phi) is 10.0.